The van der Waals surface area contributed by atoms with Crippen LogP contribution in [0, 0.1) is 5.92 Å². The van der Waals surface area contributed by atoms with Crippen LogP contribution in [0.3, 0.4) is 0 Å². The van der Waals surface area contributed by atoms with Gasteiger partial charge in [-0.15, -0.1) is 0 Å². The van der Waals surface area contributed by atoms with Crippen LogP contribution in [-0.2, 0) is 16.1 Å². The molecule has 0 aromatic carbocycles. The first-order valence-corrected chi connectivity index (χ1v) is 6.89. The van der Waals surface area contributed by atoms with Crippen molar-refractivity contribution in [2.45, 2.75) is 19.4 Å². The summed E-state index contributed by atoms with van der Waals surface area (Å²) in [6, 6.07) is 1.51. The van der Waals surface area contributed by atoms with E-state index in [0.29, 0.717) is 18.0 Å². The van der Waals surface area contributed by atoms with Gasteiger partial charge in [-0.3, -0.25) is 19.6 Å². The van der Waals surface area contributed by atoms with Gasteiger partial charge in [-0.1, -0.05) is 0 Å². The molecule has 8 nitrogen and oxygen atoms in total. The fourth-order valence-electron chi connectivity index (χ4n) is 2.67. The Bertz CT molecular complexity index is 699. The molecule has 2 aromatic rings. The summed E-state index contributed by atoms with van der Waals surface area (Å²) in [5.41, 5.74) is 0.528. The van der Waals surface area contributed by atoms with Gasteiger partial charge in [0.2, 0.25) is 0 Å². The maximum atomic E-state index is 11.9. The number of aromatic nitrogens is 4. The number of carbonyl (C=O) groups is 1. The number of ether oxygens (including phenoxy) is 1. The molecule has 1 aliphatic heterocycles. The second kappa shape index (κ2) is 5.65. The first-order valence-electron chi connectivity index (χ1n) is 6.89. The zero-order valence-corrected chi connectivity index (χ0v) is 11.8. The van der Waals surface area contributed by atoms with Crippen LogP contribution < -0.4 is 5.56 Å². The Hall–Kier alpha value is -2.22. The van der Waals surface area contributed by atoms with Crippen LogP contribution in [0.25, 0.3) is 5.78 Å². The molecule has 1 saturated heterocycles. The SMILES string of the molecule is COC(=O)C1CCN(Cc2cc(=O)n3[nH]cnc3n2)CC1. The van der Waals surface area contributed by atoms with Gasteiger partial charge in [-0.25, -0.2) is 9.97 Å². The third-order valence-electron chi connectivity index (χ3n) is 3.83. The molecule has 0 atom stereocenters. The number of likely N-dealkylation sites (tertiary alicyclic amines) is 1. The third kappa shape index (κ3) is 2.80. The van der Waals surface area contributed by atoms with E-state index in [4.69, 9.17) is 4.74 Å². The summed E-state index contributed by atoms with van der Waals surface area (Å²) < 4.78 is 6.07. The van der Waals surface area contributed by atoms with Crippen LogP contribution >= 0.6 is 0 Å². The maximum absolute atomic E-state index is 11.9. The van der Waals surface area contributed by atoms with Gasteiger partial charge in [0.1, 0.15) is 6.33 Å². The second-order valence-corrected chi connectivity index (χ2v) is 5.18. The number of nitrogens with one attached hydrogen (secondary N) is 1. The molecule has 1 N–H and O–H groups in total. The van der Waals surface area contributed by atoms with E-state index in [2.05, 4.69) is 20.0 Å². The first kappa shape index (κ1) is 13.7. The lowest BCUT2D eigenvalue weighted by atomic mass is 9.97. The number of methoxy groups -OCH3 is 1. The zero-order valence-electron chi connectivity index (χ0n) is 11.8. The number of hydrogen-bond acceptors (Lipinski definition) is 6. The third-order valence-corrected chi connectivity index (χ3v) is 3.83. The predicted molar refractivity (Wildman–Crippen MR) is 73.6 cm³/mol. The van der Waals surface area contributed by atoms with Crippen molar-refractivity contribution < 1.29 is 9.53 Å². The number of carbonyl (C=O) groups excluding carboxylic acids is 1. The van der Waals surface area contributed by atoms with Crippen molar-refractivity contribution in [1.29, 1.82) is 0 Å². The quantitative estimate of drug-likeness (QED) is 0.787. The highest BCUT2D eigenvalue weighted by Gasteiger charge is 2.25. The summed E-state index contributed by atoms with van der Waals surface area (Å²) in [5.74, 6) is 0.226. The molecule has 112 valence electrons. The van der Waals surface area contributed by atoms with E-state index in [1.54, 1.807) is 0 Å². The average molecular weight is 291 g/mol. The van der Waals surface area contributed by atoms with Crippen molar-refractivity contribution in [2.75, 3.05) is 20.2 Å². The Morgan fingerprint density at radius 1 is 1.48 bits per heavy atom. The van der Waals surface area contributed by atoms with E-state index < -0.39 is 0 Å². The summed E-state index contributed by atoms with van der Waals surface area (Å²) in [6.07, 6.45) is 2.99. The van der Waals surface area contributed by atoms with Crippen LogP contribution in [-0.4, -0.2) is 50.7 Å². The fraction of sp³-hybridized carbons (Fsp3) is 0.538. The van der Waals surface area contributed by atoms with Crippen LogP contribution in [0.1, 0.15) is 18.5 Å². The van der Waals surface area contributed by atoms with E-state index >= 15 is 0 Å². The minimum absolute atomic E-state index is 0.0151. The van der Waals surface area contributed by atoms with Gasteiger partial charge >= 0.3 is 5.97 Å². The van der Waals surface area contributed by atoms with Gasteiger partial charge in [0.05, 0.1) is 18.7 Å². The lowest BCUT2D eigenvalue weighted by Crippen LogP contribution is -2.36. The Morgan fingerprint density at radius 3 is 2.95 bits per heavy atom. The van der Waals surface area contributed by atoms with Crippen LogP contribution in [0.15, 0.2) is 17.2 Å². The molecule has 2 aromatic heterocycles. The zero-order chi connectivity index (χ0) is 14.8. The van der Waals surface area contributed by atoms with Gasteiger partial charge in [0, 0.05) is 12.6 Å². The highest BCUT2D eigenvalue weighted by atomic mass is 16.5. The van der Waals surface area contributed by atoms with E-state index in [9.17, 15) is 9.59 Å². The van der Waals surface area contributed by atoms with Crippen molar-refractivity contribution in [2.24, 2.45) is 5.92 Å². The summed E-state index contributed by atoms with van der Waals surface area (Å²) >= 11 is 0. The Kier molecular flexibility index (Phi) is 3.70. The van der Waals surface area contributed by atoms with Crippen molar-refractivity contribution >= 4 is 11.7 Å². The minimum atomic E-state index is -0.169. The van der Waals surface area contributed by atoms with Crippen molar-refractivity contribution in [3.63, 3.8) is 0 Å². The van der Waals surface area contributed by atoms with Gasteiger partial charge in [-0.2, -0.15) is 4.52 Å². The van der Waals surface area contributed by atoms with E-state index in [0.717, 1.165) is 25.9 Å². The van der Waals surface area contributed by atoms with Gasteiger partial charge in [-0.05, 0) is 25.9 Å². The van der Waals surface area contributed by atoms with Gasteiger partial charge in [0.15, 0.2) is 0 Å². The summed E-state index contributed by atoms with van der Waals surface area (Å²) in [6.45, 7) is 2.18. The molecule has 3 rings (SSSR count). The Morgan fingerprint density at radius 2 is 2.24 bits per heavy atom. The Balaban J connectivity index is 1.67. The number of hydrogen-bond donors (Lipinski definition) is 1. The number of fused-ring (bicyclic) bond motifs is 1. The molecule has 1 aliphatic rings. The Labute approximate surface area is 120 Å². The molecular weight excluding hydrogens is 274 g/mol. The molecule has 0 spiro atoms. The van der Waals surface area contributed by atoms with Crippen molar-refractivity contribution in [3.05, 3.63) is 28.4 Å². The molecule has 3 heterocycles. The first-order chi connectivity index (χ1) is 10.2. The molecule has 0 unspecified atom stereocenters. The van der Waals surface area contributed by atoms with Crippen LogP contribution in [0.2, 0.25) is 0 Å². The van der Waals surface area contributed by atoms with Gasteiger partial charge < -0.3 is 4.74 Å². The lowest BCUT2D eigenvalue weighted by Gasteiger charge is -2.30. The standard InChI is InChI=1S/C13H17N5O3/c1-21-12(20)9-2-4-17(5-3-9)7-10-6-11(19)18-13(16-10)14-8-15-18/h6,8-9H,2-5,7H2,1H3,(H,14,15,16). The number of H-pyrrole nitrogens is 1. The molecular formula is C13H17N5O3. The van der Waals surface area contributed by atoms with Crippen molar-refractivity contribution in [3.8, 4) is 0 Å². The number of piperidine rings is 1. The highest BCUT2D eigenvalue weighted by molar-refractivity contribution is 5.72. The lowest BCUT2D eigenvalue weighted by molar-refractivity contribution is -0.147. The van der Waals surface area contributed by atoms with E-state index in [1.807, 2.05) is 0 Å². The van der Waals surface area contributed by atoms with Crippen LogP contribution in [0.4, 0.5) is 0 Å². The second-order valence-electron chi connectivity index (χ2n) is 5.18. The summed E-state index contributed by atoms with van der Waals surface area (Å²) in [5, 5.41) is 2.71. The van der Waals surface area contributed by atoms with Crippen molar-refractivity contribution in [1.82, 2.24) is 24.5 Å². The molecule has 8 heteroatoms. The molecule has 0 radical (unpaired) electrons. The number of rotatable bonds is 3. The maximum Gasteiger partial charge on any atom is 0.308 e. The largest absolute Gasteiger partial charge is 0.469 e. The average Bonchev–Trinajstić information content (AvgIpc) is 2.96. The summed E-state index contributed by atoms with van der Waals surface area (Å²) in [7, 11) is 1.42. The smallest absolute Gasteiger partial charge is 0.308 e. The minimum Gasteiger partial charge on any atom is -0.469 e. The molecule has 0 aliphatic carbocycles. The molecule has 0 amide bonds. The topological polar surface area (TPSA) is 92.6 Å². The monoisotopic (exact) mass is 291 g/mol. The number of nitrogens with zero attached hydrogens (tertiary/aromatic N) is 4. The van der Waals surface area contributed by atoms with Crippen LogP contribution in [0.5, 0.6) is 0 Å². The molecule has 21 heavy (non-hydrogen) atoms. The van der Waals surface area contributed by atoms with E-state index in [1.165, 1.54) is 24.0 Å². The number of aromatic amines is 1. The number of esters is 1. The van der Waals surface area contributed by atoms with Gasteiger partial charge in [0.25, 0.3) is 11.3 Å². The molecule has 1 fully saturated rings. The molecule has 0 saturated carbocycles. The van der Waals surface area contributed by atoms with E-state index in [-0.39, 0.29) is 17.4 Å². The normalized spacial score (nSPS) is 17.2. The molecule has 0 bridgehead atoms. The highest BCUT2D eigenvalue weighted by Crippen LogP contribution is 2.19. The summed E-state index contributed by atoms with van der Waals surface area (Å²) in [4.78, 5) is 33.9. The fourth-order valence-corrected chi connectivity index (χ4v) is 2.67. The predicted octanol–water partition coefficient (Wildman–Crippen LogP) is -0.197.